The maximum atomic E-state index is 13.9. The van der Waals surface area contributed by atoms with E-state index < -0.39 is 0 Å². The van der Waals surface area contributed by atoms with Gasteiger partial charge in [-0.1, -0.05) is 48.5 Å². The first-order valence-electron chi connectivity index (χ1n) is 9.20. The van der Waals surface area contributed by atoms with Crippen LogP contribution >= 0.6 is 11.8 Å². The lowest BCUT2D eigenvalue weighted by molar-refractivity contribution is -0.118. The van der Waals surface area contributed by atoms with E-state index in [0.717, 1.165) is 12.8 Å². The Bertz CT molecular complexity index is 1040. The molecule has 0 saturated heterocycles. The molecule has 3 aromatic rings. The highest BCUT2D eigenvalue weighted by molar-refractivity contribution is 7.98. The van der Waals surface area contributed by atoms with Crippen LogP contribution in [0.3, 0.4) is 0 Å². The number of carbonyl (C=O) groups is 1. The molecule has 2 N–H and O–H groups in total. The summed E-state index contributed by atoms with van der Waals surface area (Å²) < 4.78 is 15.6. The van der Waals surface area contributed by atoms with Crippen LogP contribution in [-0.2, 0) is 17.1 Å². The van der Waals surface area contributed by atoms with Gasteiger partial charge in [-0.3, -0.25) is 14.2 Å². The molecule has 3 rings (SSSR count). The highest BCUT2D eigenvalue weighted by Gasteiger charge is 2.12. The van der Waals surface area contributed by atoms with Crippen molar-refractivity contribution in [3.05, 3.63) is 70.3 Å². The van der Waals surface area contributed by atoms with Crippen LogP contribution in [0.5, 0.6) is 0 Å². The van der Waals surface area contributed by atoms with Crippen LogP contribution < -0.4 is 11.3 Å². The van der Waals surface area contributed by atoms with E-state index in [1.54, 1.807) is 34.9 Å². The summed E-state index contributed by atoms with van der Waals surface area (Å²) in [6.07, 6.45) is 2.57. The van der Waals surface area contributed by atoms with E-state index in [0.29, 0.717) is 46.8 Å². The molecule has 0 spiro atoms. The molecule has 28 heavy (non-hydrogen) atoms. The van der Waals surface area contributed by atoms with E-state index in [9.17, 15) is 14.0 Å². The summed E-state index contributed by atoms with van der Waals surface area (Å²) in [5.74, 6) is -0.194. The average molecular weight is 399 g/mol. The number of rotatable bonds is 9. The number of nitrogens with two attached hydrogens (primary N) is 1. The molecule has 1 heterocycles. The Hall–Kier alpha value is -2.67. The van der Waals surface area contributed by atoms with Crippen LogP contribution in [0.25, 0.3) is 10.9 Å². The lowest BCUT2D eigenvalue weighted by atomic mass is 10.2. The summed E-state index contributed by atoms with van der Waals surface area (Å²) in [4.78, 5) is 28.5. The van der Waals surface area contributed by atoms with Crippen molar-refractivity contribution in [1.29, 1.82) is 0 Å². The zero-order valence-corrected chi connectivity index (χ0v) is 16.3. The Morgan fingerprint density at radius 2 is 1.82 bits per heavy atom. The number of carbonyl (C=O) groups excluding carboxylic acids is 1. The standard InChI is InChI=1S/C21H22FN3O2S/c22-17-10-5-3-8-15(17)14-28-21-24-18-11-6-4-9-16(18)20(27)25(21)13-7-1-2-12-19(23)26/h3-6,8-11H,1-2,7,12-14H2,(H2,23,26). The first kappa shape index (κ1) is 20.1. The summed E-state index contributed by atoms with van der Waals surface area (Å²) in [5.41, 5.74) is 6.27. The van der Waals surface area contributed by atoms with Crippen LogP contribution in [0.4, 0.5) is 4.39 Å². The molecule has 0 fully saturated rings. The molecule has 0 saturated carbocycles. The van der Waals surface area contributed by atoms with Gasteiger partial charge < -0.3 is 5.73 Å². The Morgan fingerprint density at radius 1 is 1.07 bits per heavy atom. The van der Waals surface area contributed by atoms with Crippen molar-refractivity contribution in [1.82, 2.24) is 9.55 Å². The number of primary amides is 1. The SMILES string of the molecule is NC(=O)CCCCCn1c(SCc2ccccc2F)nc2ccccc2c1=O. The molecule has 0 aliphatic rings. The predicted octanol–water partition coefficient (Wildman–Crippen LogP) is 3.87. The van der Waals surface area contributed by atoms with Crippen LogP contribution in [0.1, 0.15) is 31.2 Å². The lowest BCUT2D eigenvalue weighted by Crippen LogP contribution is -2.23. The Morgan fingerprint density at radius 3 is 2.61 bits per heavy atom. The van der Waals surface area contributed by atoms with Gasteiger partial charge in [0.05, 0.1) is 10.9 Å². The number of benzene rings is 2. The zero-order chi connectivity index (χ0) is 19.9. The predicted molar refractivity (Wildman–Crippen MR) is 110 cm³/mol. The van der Waals surface area contributed by atoms with Crippen molar-refractivity contribution < 1.29 is 9.18 Å². The van der Waals surface area contributed by atoms with Crippen molar-refractivity contribution in [2.75, 3.05) is 0 Å². The first-order valence-corrected chi connectivity index (χ1v) is 10.2. The minimum atomic E-state index is -0.314. The Balaban J connectivity index is 1.83. The third-order valence-corrected chi connectivity index (χ3v) is 5.47. The van der Waals surface area contributed by atoms with Gasteiger partial charge >= 0.3 is 0 Å². The number of amides is 1. The van der Waals surface area contributed by atoms with Crippen LogP contribution in [0.15, 0.2) is 58.5 Å². The van der Waals surface area contributed by atoms with Gasteiger partial charge in [0.2, 0.25) is 5.91 Å². The normalized spacial score (nSPS) is 11.0. The quantitative estimate of drug-likeness (QED) is 0.337. The summed E-state index contributed by atoms with van der Waals surface area (Å²) in [6, 6.07) is 13.8. The summed E-state index contributed by atoms with van der Waals surface area (Å²) in [7, 11) is 0. The molecule has 2 aromatic carbocycles. The van der Waals surface area contributed by atoms with Gasteiger partial charge in [0, 0.05) is 18.7 Å². The Labute approximate surface area is 166 Å². The van der Waals surface area contributed by atoms with Gasteiger partial charge in [-0.15, -0.1) is 0 Å². The number of unbranched alkanes of at least 4 members (excludes halogenated alkanes) is 2. The lowest BCUT2D eigenvalue weighted by Gasteiger charge is -2.13. The number of hydrogen-bond donors (Lipinski definition) is 1. The third kappa shape index (κ3) is 4.98. The fourth-order valence-electron chi connectivity index (χ4n) is 2.96. The van der Waals surface area contributed by atoms with E-state index >= 15 is 0 Å². The van der Waals surface area contributed by atoms with Crippen molar-refractivity contribution in [2.24, 2.45) is 5.73 Å². The molecule has 146 valence electrons. The summed E-state index contributed by atoms with van der Waals surface area (Å²) in [5, 5.41) is 1.14. The minimum absolute atomic E-state index is 0.100. The fourth-order valence-corrected chi connectivity index (χ4v) is 3.97. The summed E-state index contributed by atoms with van der Waals surface area (Å²) in [6.45, 7) is 0.495. The van der Waals surface area contributed by atoms with Crippen LogP contribution in [0, 0.1) is 5.82 Å². The fraction of sp³-hybridized carbons (Fsp3) is 0.286. The second kappa shape index (κ2) is 9.50. The zero-order valence-electron chi connectivity index (χ0n) is 15.4. The molecule has 1 amide bonds. The second-order valence-electron chi connectivity index (χ2n) is 6.53. The van der Waals surface area contributed by atoms with Crippen molar-refractivity contribution in [2.45, 2.75) is 43.1 Å². The smallest absolute Gasteiger partial charge is 0.262 e. The summed E-state index contributed by atoms with van der Waals surface area (Å²) >= 11 is 1.35. The Kier molecular flexibility index (Phi) is 6.81. The van der Waals surface area contributed by atoms with Crippen LogP contribution in [-0.4, -0.2) is 15.5 Å². The van der Waals surface area contributed by atoms with Gasteiger partial charge in [0.25, 0.3) is 5.56 Å². The molecular weight excluding hydrogens is 377 g/mol. The average Bonchev–Trinajstić information content (AvgIpc) is 2.68. The molecule has 0 atom stereocenters. The maximum Gasteiger partial charge on any atom is 0.262 e. The van der Waals surface area contributed by atoms with Crippen molar-refractivity contribution in [3.63, 3.8) is 0 Å². The number of nitrogens with zero attached hydrogens (tertiary/aromatic N) is 2. The van der Waals surface area contributed by atoms with Gasteiger partial charge in [-0.25, -0.2) is 9.37 Å². The van der Waals surface area contributed by atoms with E-state index in [4.69, 9.17) is 5.73 Å². The van der Waals surface area contributed by atoms with Crippen molar-refractivity contribution in [3.8, 4) is 0 Å². The molecule has 0 aliphatic carbocycles. The van der Waals surface area contributed by atoms with Gasteiger partial charge in [0.1, 0.15) is 5.82 Å². The van der Waals surface area contributed by atoms with E-state index in [1.807, 2.05) is 12.1 Å². The largest absolute Gasteiger partial charge is 0.370 e. The highest BCUT2D eigenvalue weighted by Crippen LogP contribution is 2.24. The first-order chi connectivity index (χ1) is 13.6. The third-order valence-electron chi connectivity index (χ3n) is 4.45. The molecule has 7 heteroatoms. The number of thioether (sulfide) groups is 1. The van der Waals surface area contributed by atoms with Crippen molar-refractivity contribution >= 4 is 28.6 Å². The molecule has 0 unspecified atom stereocenters. The van der Waals surface area contributed by atoms with E-state index in [2.05, 4.69) is 4.98 Å². The number of hydrogen-bond acceptors (Lipinski definition) is 4. The molecule has 1 aromatic heterocycles. The number of fused-ring (bicyclic) bond motifs is 1. The second-order valence-corrected chi connectivity index (χ2v) is 7.47. The topological polar surface area (TPSA) is 78.0 Å². The van der Waals surface area contributed by atoms with Crippen LogP contribution in [0.2, 0.25) is 0 Å². The molecule has 0 bridgehead atoms. The molecule has 0 radical (unpaired) electrons. The number of aromatic nitrogens is 2. The van der Waals surface area contributed by atoms with Gasteiger partial charge in [-0.05, 0) is 36.6 Å². The monoisotopic (exact) mass is 399 g/mol. The number of para-hydroxylation sites is 1. The highest BCUT2D eigenvalue weighted by atomic mass is 32.2. The van der Waals surface area contributed by atoms with E-state index in [1.165, 1.54) is 17.8 Å². The molecular formula is C21H22FN3O2S. The van der Waals surface area contributed by atoms with Gasteiger partial charge in [-0.2, -0.15) is 0 Å². The van der Waals surface area contributed by atoms with Gasteiger partial charge in [0.15, 0.2) is 5.16 Å². The molecule has 5 nitrogen and oxygen atoms in total. The van der Waals surface area contributed by atoms with E-state index in [-0.39, 0.29) is 17.3 Å². The number of halogens is 1. The molecule has 0 aliphatic heterocycles. The minimum Gasteiger partial charge on any atom is -0.370 e. The maximum absolute atomic E-state index is 13.9.